The van der Waals surface area contributed by atoms with Crippen LogP contribution in [0, 0.1) is 58.2 Å². The lowest BCUT2D eigenvalue weighted by Gasteiger charge is -2.61. The fourth-order valence-electron chi connectivity index (χ4n) is 10.1. The highest BCUT2D eigenvalue weighted by Gasteiger charge is 2.60. The van der Waals surface area contributed by atoms with Gasteiger partial charge in [0.2, 0.25) is 0 Å². The van der Waals surface area contributed by atoms with Gasteiger partial charge in [0.05, 0.1) is 11.8 Å². The molecule has 0 spiro atoms. The molecule has 0 aromatic rings. The number of carbonyl (C=O) groups excluding carboxylic acids is 1. The first-order valence-electron chi connectivity index (χ1n) is 16.0. The van der Waals surface area contributed by atoms with Gasteiger partial charge in [-0.25, -0.2) is 0 Å². The van der Waals surface area contributed by atoms with E-state index in [4.69, 9.17) is 4.74 Å². The minimum atomic E-state index is -0.927. The van der Waals surface area contributed by atoms with Crippen LogP contribution >= 0.6 is 0 Å². The van der Waals surface area contributed by atoms with E-state index >= 15 is 0 Å². The zero-order valence-corrected chi connectivity index (χ0v) is 24.8. The van der Waals surface area contributed by atoms with Crippen LogP contribution in [0.1, 0.15) is 131 Å². The fourth-order valence-corrected chi connectivity index (χ4v) is 10.1. The SMILES string of the molecule is CCCCCCC(C)C1CCC2C3CCC4CC(OC(=O)C(C)C(C)C(=O)O)CCC4(C)C3CCC12C. The number of carboxylic acids is 1. The van der Waals surface area contributed by atoms with Crippen molar-refractivity contribution in [3.8, 4) is 0 Å². The Morgan fingerprint density at radius 2 is 1.57 bits per heavy atom. The van der Waals surface area contributed by atoms with E-state index in [1.54, 1.807) is 13.8 Å². The monoisotopic (exact) mass is 516 g/mol. The third-order valence-corrected chi connectivity index (χ3v) is 12.7. The molecule has 4 saturated carbocycles. The summed E-state index contributed by atoms with van der Waals surface area (Å²) in [6, 6.07) is 0. The van der Waals surface area contributed by atoms with Crippen molar-refractivity contribution in [3.63, 3.8) is 0 Å². The van der Waals surface area contributed by atoms with Crippen molar-refractivity contribution in [2.24, 2.45) is 58.2 Å². The van der Waals surface area contributed by atoms with Crippen LogP contribution in [0.25, 0.3) is 0 Å². The van der Waals surface area contributed by atoms with Crippen LogP contribution in [0.3, 0.4) is 0 Å². The van der Waals surface area contributed by atoms with Crippen LogP contribution in [-0.2, 0) is 14.3 Å². The Balaban J connectivity index is 1.37. The highest BCUT2D eigenvalue weighted by Crippen LogP contribution is 2.68. The Morgan fingerprint density at radius 1 is 0.865 bits per heavy atom. The lowest BCUT2D eigenvalue weighted by atomic mass is 9.44. The van der Waals surface area contributed by atoms with Gasteiger partial charge in [0.25, 0.3) is 0 Å². The summed E-state index contributed by atoms with van der Waals surface area (Å²) in [7, 11) is 0. The first-order valence-corrected chi connectivity index (χ1v) is 16.0. The summed E-state index contributed by atoms with van der Waals surface area (Å²) in [6.45, 7) is 13.4. The zero-order chi connectivity index (χ0) is 27.0. The molecule has 1 N–H and O–H groups in total. The van der Waals surface area contributed by atoms with Gasteiger partial charge in [-0.05, 0) is 104 Å². The molecular weight excluding hydrogens is 460 g/mol. The topological polar surface area (TPSA) is 63.6 Å². The van der Waals surface area contributed by atoms with Crippen molar-refractivity contribution in [3.05, 3.63) is 0 Å². The minimum absolute atomic E-state index is 0.0381. The summed E-state index contributed by atoms with van der Waals surface area (Å²) in [5.74, 6) is 2.47. The van der Waals surface area contributed by atoms with Crippen molar-refractivity contribution in [2.45, 2.75) is 138 Å². The second kappa shape index (κ2) is 11.6. The van der Waals surface area contributed by atoms with Crippen molar-refractivity contribution in [1.29, 1.82) is 0 Å². The lowest BCUT2D eigenvalue weighted by Crippen LogP contribution is -2.54. The average Bonchev–Trinajstić information content (AvgIpc) is 3.23. The fraction of sp³-hybridized carbons (Fsp3) is 0.939. The van der Waals surface area contributed by atoms with Crippen molar-refractivity contribution >= 4 is 11.9 Å². The standard InChI is InChI=1S/C33H56O4/c1-7-8-9-10-11-21(2)27-14-15-28-26-13-12-24-20-25(37-31(36)23(4)22(3)30(34)35)16-18-32(24,5)29(26)17-19-33(27,28)6/h21-29H,7-20H2,1-6H3,(H,34,35). The molecule has 0 heterocycles. The Kier molecular flexibility index (Phi) is 9.06. The number of carboxylic acid groups (broad SMARTS) is 1. The molecule has 4 heteroatoms. The number of rotatable bonds is 10. The smallest absolute Gasteiger partial charge is 0.309 e. The van der Waals surface area contributed by atoms with E-state index in [-0.39, 0.29) is 12.1 Å². The predicted octanol–water partition coefficient (Wildman–Crippen LogP) is 8.52. The second-order valence-corrected chi connectivity index (χ2v) is 14.5. The molecular formula is C33H56O4. The quantitative estimate of drug-likeness (QED) is 0.233. The van der Waals surface area contributed by atoms with Gasteiger partial charge >= 0.3 is 11.9 Å². The van der Waals surface area contributed by atoms with E-state index in [1.807, 2.05) is 0 Å². The third-order valence-electron chi connectivity index (χ3n) is 12.7. The number of unbranched alkanes of at least 4 members (excludes halogenated alkanes) is 3. The summed E-state index contributed by atoms with van der Waals surface area (Å²) >= 11 is 0. The summed E-state index contributed by atoms with van der Waals surface area (Å²) in [5, 5.41) is 9.29. The van der Waals surface area contributed by atoms with E-state index < -0.39 is 17.8 Å². The molecule has 4 aliphatic rings. The van der Waals surface area contributed by atoms with Crippen molar-refractivity contribution < 1.29 is 19.4 Å². The summed E-state index contributed by atoms with van der Waals surface area (Å²) in [4.78, 5) is 24.0. The molecule has 11 atom stereocenters. The second-order valence-electron chi connectivity index (χ2n) is 14.5. The van der Waals surface area contributed by atoms with Crippen LogP contribution in [0.15, 0.2) is 0 Å². The minimum Gasteiger partial charge on any atom is -0.481 e. The number of hydrogen-bond donors (Lipinski definition) is 1. The van der Waals surface area contributed by atoms with E-state index in [9.17, 15) is 14.7 Å². The van der Waals surface area contributed by atoms with Gasteiger partial charge in [0, 0.05) is 0 Å². The number of ether oxygens (including phenoxy) is 1. The third kappa shape index (κ3) is 5.51. The van der Waals surface area contributed by atoms with Crippen LogP contribution < -0.4 is 0 Å². The van der Waals surface area contributed by atoms with Gasteiger partial charge in [-0.15, -0.1) is 0 Å². The average molecular weight is 517 g/mol. The van der Waals surface area contributed by atoms with Crippen molar-refractivity contribution in [2.75, 3.05) is 0 Å². The molecule has 4 nitrogen and oxygen atoms in total. The van der Waals surface area contributed by atoms with E-state index in [0.717, 1.165) is 48.9 Å². The van der Waals surface area contributed by atoms with Gasteiger partial charge < -0.3 is 9.84 Å². The van der Waals surface area contributed by atoms with Gasteiger partial charge in [-0.2, -0.15) is 0 Å². The number of esters is 1. The Morgan fingerprint density at radius 3 is 2.27 bits per heavy atom. The molecule has 0 radical (unpaired) electrons. The largest absolute Gasteiger partial charge is 0.481 e. The number of fused-ring (bicyclic) bond motifs is 5. The Hall–Kier alpha value is -1.06. The molecule has 37 heavy (non-hydrogen) atoms. The number of hydrogen-bond acceptors (Lipinski definition) is 3. The van der Waals surface area contributed by atoms with Gasteiger partial charge in [0.1, 0.15) is 6.10 Å². The maximum Gasteiger partial charge on any atom is 0.309 e. The van der Waals surface area contributed by atoms with Crippen LogP contribution in [0.5, 0.6) is 0 Å². The molecule has 0 amide bonds. The summed E-state index contributed by atoms with van der Waals surface area (Å²) < 4.78 is 5.93. The van der Waals surface area contributed by atoms with E-state index in [0.29, 0.717) is 16.7 Å². The van der Waals surface area contributed by atoms with Crippen LogP contribution in [0.2, 0.25) is 0 Å². The molecule has 0 aliphatic heterocycles. The molecule has 11 unspecified atom stereocenters. The summed E-state index contributed by atoms with van der Waals surface area (Å²) in [5.41, 5.74) is 0.912. The normalized spacial score (nSPS) is 41.6. The van der Waals surface area contributed by atoms with Gasteiger partial charge in [0.15, 0.2) is 0 Å². The first kappa shape index (κ1) is 28.9. The maximum atomic E-state index is 12.7. The molecule has 4 rings (SSSR count). The number of aliphatic carboxylic acids is 1. The van der Waals surface area contributed by atoms with Gasteiger partial charge in [-0.1, -0.05) is 73.6 Å². The zero-order valence-electron chi connectivity index (χ0n) is 24.8. The number of carbonyl (C=O) groups is 2. The van der Waals surface area contributed by atoms with E-state index in [2.05, 4.69) is 27.7 Å². The molecule has 212 valence electrons. The van der Waals surface area contributed by atoms with Crippen molar-refractivity contribution in [1.82, 2.24) is 0 Å². The van der Waals surface area contributed by atoms with Gasteiger partial charge in [-0.3, -0.25) is 9.59 Å². The predicted molar refractivity (Wildman–Crippen MR) is 149 cm³/mol. The maximum absolute atomic E-state index is 12.7. The molecule has 0 aromatic heterocycles. The highest BCUT2D eigenvalue weighted by molar-refractivity contribution is 5.80. The molecule has 0 saturated heterocycles. The Labute approximate surface area is 227 Å². The molecule has 0 aromatic carbocycles. The summed E-state index contributed by atoms with van der Waals surface area (Å²) in [6.07, 6.45) is 18.3. The van der Waals surface area contributed by atoms with E-state index in [1.165, 1.54) is 70.6 Å². The molecule has 4 aliphatic carbocycles. The molecule has 4 fully saturated rings. The first-order chi connectivity index (χ1) is 17.5. The van der Waals surface area contributed by atoms with Crippen LogP contribution in [-0.4, -0.2) is 23.1 Å². The lowest BCUT2D eigenvalue weighted by molar-refractivity contribution is -0.170. The van der Waals surface area contributed by atoms with Crippen LogP contribution in [0.4, 0.5) is 0 Å². The molecule has 0 bridgehead atoms. The Bertz CT molecular complexity index is 808. The highest BCUT2D eigenvalue weighted by atomic mass is 16.5.